The highest BCUT2D eigenvalue weighted by atomic mass is 32.2. The number of aryl methyl sites for hydroxylation is 8. The summed E-state index contributed by atoms with van der Waals surface area (Å²) in [5, 5.41) is 16.1. The fourth-order valence-electron chi connectivity index (χ4n) is 16.4. The van der Waals surface area contributed by atoms with Crippen molar-refractivity contribution < 1.29 is 102 Å². The number of hydrogen-bond donors (Lipinski definition) is 8. The Morgan fingerprint density at radius 2 is 0.646 bits per heavy atom. The summed E-state index contributed by atoms with van der Waals surface area (Å²) in [6.45, 7) is -16.1. The van der Waals surface area contributed by atoms with Gasteiger partial charge in [0.2, 0.25) is 40.1 Å². The third-order valence-corrected chi connectivity index (χ3v) is 29.0. The molecule has 8 aromatic heterocycles. The Bertz CT molecular complexity index is 8880. The highest BCUT2D eigenvalue weighted by Gasteiger charge is 2.32. The molecule has 0 aliphatic carbocycles. The van der Waals surface area contributed by atoms with Crippen molar-refractivity contribution in [3.05, 3.63) is 137 Å². The fraction of sp³-hybridized carbons (Fsp3) is 0.560. The van der Waals surface area contributed by atoms with Gasteiger partial charge in [-0.25, -0.2) is 72.5 Å². The van der Waals surface area contributed by atoms with Gasteiger partial charge in [0.05, 0.1) is 91.0 Å². The second-order valence-electron chi connectivity index (χ2n) is 34.1. The van der Waals surface area contributed by atoms with E-state index in [9.17, 15) is 52.8 Å². The van der Waals surface area contributed by atoms with Crippen LogP contribution in [0, 0.1) is 0 Å². The molecule has 0 radical (unpaired) electrons. The normalized spacial score (nSPS) is 22.0. The van der Waals surface area contributed by atoms with Crippen molar-refractivity contribution in [1.29, 1.82) is 0 Å². The lowest BCUT2D eigenvalue weighted by Gasteiger charge is -2.19. The third-order valence-electron chi connectivity index (χ3n) is 23.8. The van der Waals surface area contributed by atoms with Crippen LogP contribution in [0.25, 0.3) is 89.7 Å². The van der Waals surface area contributed by atoms with E-state index in [1.807, 2.05) is 42.0 Å². The van der Waals surface area contributed by atoms with Crippen molar-refractivity contribution in [1.82, 2.24) is 117 Å². The van der Waals surface area contributed by atoms with Gasteiger partial charge < -0.3 is 58.5 Å². The number of ether oxygens (including phenoxy) is 4. The third kappa shape index (κ3) is 26.5. The number of sulfonamides is 4. The predicted octanol–water partition coefficient (Wildman–Crippen LogP) is 11.3. The lowest BCUT2D eigenvalue weighted by molar-refractivity contribution is 0.297. The molecule has 40 nitrogen and oxygen atoms in total. The zero-order valence-corrected chi connectivity index (χ0v) is 84.2. The van der Waals surface area contributed by atoms with Crippen molar-refractivity contribution in [2.45, 2.75) is 253 Å². The SMILES string of the molecule is [2H]C(NS(=O)(=O)c1ccc(OCCC)c(-c2nc3c(CCC([2H])([2H])[2H])nn(C([2H])([2H])[2H])c3c(=O)[nH]2)c1)C([2H])([2H])C1CCCN1C.[2H]C([2H])([2H])CC([2H])([2H])c1nn(C)c2c(=O)[nH]c(-c3cc(S(=O)(=O)NC([2H])([2H])C([2H])([2H])C4CCCN4C)ccc3OCCC)nc12.[2H]C([2H])([2H])CCc1nn(C([2H])([2H])[2H])c2c(=O)[nH]c(-c3cc(S(=O)(=O)NC([2H])([2H])C([2H])([2H])C4CCCN4C)ccc3OCCC)nc12.[2H]C([2H])([2H])CCc1nn(C([2H])([2H])[2H])c2c(=O)[nH]c(-c3cc(S(=O)(=O)NCC([2H])([2H])C4CCCN4C)ccc3OCCC)nc12. The Balaban J connectivity index is 0.000000195. The standard InChI is InChI=1S/4C25H36N6O4S/c4*1-5-8-20-22-23(31(4)29-20)25(32)28-24(27-22)19-16-18(10-11-21(19)35-15-6-2)36(33,34)26-13-12-17-9-7-14-30(17)3/h4*10-11,16-17,26H,5-9,12-15H2,1-4H3,(H,27,28,32)/i1D3,8D2,12D2,13D2;1D3,4D3,12D2,13D2;1D3,4D3,12D2,13D;1D3,4D3,12D2. The van der Waals surface area contributed by atoms with E-state index in [2.05, 4.69) is 69.7 Å². The first kappa shape index (κ1) is 70.7. The number of aromatic amines is 4. The summed E-state index contributed by atoms with van der Waals surface area (Å²) in [5.74, 6) is -0.316. The Labute approximate surface area is 893 Å². The number of benzene rings is 4. The van der Waals surface area contributed by atoms with Crippen LogP contribution in [0.5, 0.6) is 23.0 Å². The second kappa shape index (κ2) is 49.9. The Hall–Kier alpha value is -11.0. The highest BCUT2D eigenvalue weighted by Crippen LogP contribution is 2.38. The summed E-state index contributed by atoms with van der Waals surface area (Å²) in [6.07, 6.45) is -7.54. The van der Waals surface area contributed by atoms with E-state index in [1.165, 1.54) is 49.5 Å². The van der Waals surface area contributed by atoms with E-state index in [0.29, 0.717) is 97.9 Å². The average molecular weight is 2100 g/mol. The Morgan fingerprint density at radius 1 is 0.361 bits per heavy atom. The molecular formula is C100H144N24O16S4. The van der Waals surface area contributed by atoms with Crippen LogP contribution in [0.2, 0.25) is 0 Å². The van der Waals surface area contributed by atoms with Crippen molar-refractivity contribution in [2.24, 2.45) is 28.0 Å². The molecule has 44 heteroatoms. The molecule has 5 unspecified atom stereocenters. The van der Waals surface area contributed by atoms with Crippen LogP contribution in [0.1, 0.15) is 255 Å². The first-order chi connectivity index (χ1) is 82.8. The predicted molar refractivity (Wildman–Crippen MR) is 559 cm³/mol. The van der Waals surface area contributed by atoms with Crippen LogP contribution in [0.3, 0.4) is 0 Å². The van der Waals surface area contributed by atoms with Gasteiger partial charge in [-0.2, -0.15) is 20.4 Å². The Kier molecular flexibility index (Phi) is 24.5. The zero-order valence-electron chi connectivity index (χ0n) is 117. The van der Waals surface area contributed by atoms with E-state index in [4.69, 9.17) is 68.3 Å². The maximum atomic E-state index is 13.5. The topological polar surface area (TPSA) is 489 Å². The van der Waals surface area contributed by atoms with Crippen LogP contribution in [0.15, 0.2) is 112 Å². The molecule has 12 heterocycles. The average Bonchev–Trinajstić information content (AvgIpc) is 1.31. The molecule has 16 rings (SSSR count). The minimum absolute atomic E-state index is 0.00815. The van der Waals surface area contributed by atoms with E-state index in [0.717, 1.165) is 54.4 Å². The highest BCUT2D eigenvalue weighted by molar-refractivity contribution is 7.90. The molecule has 4 aliphatic heterocycles. The monoisotopic (exact) mass is 2100 g/mol. The molecule has 4 fully saturated rings. The molecule has 0 amide bonds. The van der Waals surface area contributed by atoms with Crippen LogP contribution in [-0.4, -0.2) is 263 Å². The minimum Gasteiger partial charge on any atom is -0.493 e. The first-order valence-electron chi connectivity index (χ1n) is 64.8. The van der Waals surface area contributed by atoms with Crippen molar-refractivity contribution in [3.8, 4) is 68.5 Å². The van der Waals surface area contributed by atoms with Gasteiger partial charge in [0.15, 0.2) is 22.1 Å². The quantitative estimate of drug-likeness (QED) is 0.0176. The molecule has 0 spiro atoms. The molecule has 4 aliphatic rings. The van der Waals surface area contributed by atoms with Crippen molar-refractivity contribution in [3.63, 3.8) is 0 Å². The Morgan fingerprint density at radius 3 is 0.944 bits per heavy atom. The van der Waals surface area contributed by atoms with Crippen molar-refractivity contribution >= 4 is 84.2 Å². The maximum absolute atomic E-state index is 13.5. The van der Waals surface area contributed by atoms with Gasteiger partial charge >= 0.3 is 0 Å². The molecule has 784 valence electrons. The van der Waals surface area contributed by atoms with Gasteiger partial charge in [0.25, 0.3) is 22.2 Å². The van der Waals surface area contributed by atoms with E-state index in [-0.39, 0.29) is 193 Å². The summed E-state index contributed by atoms with van der Waals surface area (Å²) < 4.78 is 429. The molecule has 144 heavy (non-hydrogen) atoms. The number of aromatic nitrogens is 16. The summed E-state index contributed by atoms with van der Waals surface area (Å²) in [5.41, 5.74) is -6.12. The number of nitrogens with zero attached hydrogens (tertiary/aromatic N) is 16. The largest absolute Gasteiger partial charge is 0.493 e. The van der Waals surface area contributed by atoms with Gasteiger partial charge in [-0.05, 0) is 255 Å². The van der Waals surface area contributed by atoms with Gasteiger partial charge in [0.1, 0.15) is 68.4 Å². The van der Waals surface area contributed by atoms with E-state index >= 15 is 0 Å². The molecule has 5 atom stereocenters. The molecule has 0 bridgehead atoms. The number of nitrogens with one attached hydrogen (secondary N) is 8. The molecule has 4 aromatic carbocycles. The molecular weight excluding hydrogens is 1920 g/mol. The van der Waals surface area contributed by atoms with Crippen LogP contribution >= 0.6 is 0 Å². The molecule has 8 N–H and O–H groups in total. The molecule has 12 aromatic rings. The number of rotatable bonds is 44. The maximum Gasteiger partial charge on any atom is 0.277 e. The van der Waals surface area contributed by atoms with Gasteiger partial charge in [-0.15, -0.1) is 0 Å². The van der Waals surface area contributed by atoms with Gasteiger partial charge in [0, 0.05) is 128 Å². The van der Waals surface area contributed by atoms with Crippen LogP contribution < -0.4 is 60.1 Å². The lowest BCUT2D eigenvalue weighted by atomic mass is 10.1. The van der Waals surface area contributed by atoms with Crippen LogP contribution in [0.4, 0.5) is 0 Å². The van der Waals surface area contributed by atoms with Gasteiger partial charge in [-0.1, -0.05) is 80.8 Å². The fourth-order valence-corrected chi connectivity index (χ4v) is 19.9. The van der Waals surface area contributed by atoms with E-state index in [1.54, 1.807) is 42.9 Å². The lowest BCUT2D eigenvalue weighted by Crippen LogP contribution is -2.31. The van der Waals surface area contributed by atoms with Crippen LogP contribution in [-0.2, 0) is 93.7 Å². The first-order valence-corrected chi connectivity index (χ1v) is 52.7. The number of fused-ring (bicyclic) bond motifs is 4. The number of H-pyrrole nitrogens is 4. The number of likely N-dealkylation sites (tertiary alicyclic amines) is 4. The second-order valence-corrected chi connectivity index (χ2v) is 41.0. The summed E-state index contributed by atoms with van der Waals surface area (Å²) in [7, 11) is -9.99. The zero-order chi connectivity index (χ0) is 134. The van der Waals surface area contributed by atoms with E-state index < -0.39 is 226 Å². The van der Waals surface area contributed by atoms with Gasteiger partial charge in [-0.3, -0.25) is 37.9 Å². The van der Waals surface area contributed by atoms with Crippen molar-refractivity contribution in [2.75, 3.05) is 107 Å². The molecule has 4 saturated heterocycles. The minimum atomic E-state index is -4.73. The smallest absolute Gasteiger partial charge is 0.277 e. The summed E-state index contributed by atoms with van der Waals surface area (Å²) in [4.78, 5) is 86.1. The summed E-state index contributed by atoms with van der Waals surface area (Å²) in [6, 6.07) is 11.8. The molecule has 0 saturated carbocycles. The summed E-state index contributed by atoms with van der Waals surface area (Å²) >= 11 is 0. The number of hydrogen-bond acceptors (Lipinski definition) is 28.